The maximum atomic E-state index is 12.2. The zero-order valence-corrected chi connectivity index (χ0v) is 12.6. The lowest BCUT2D eigenvalue weighted by Crippen LogP contribution is -2.34. The van der Waals surface area contributed by atoms with E-state index in [0.717, 1.165) is 38.0 Å². The Kier molecular flexibility index (Phi) is 4.81. The molecule has 0 radical (unpaired) electrons. The fourth-order valence-electron chi connectivity index (χ4n) is 2.77. The van der Waals surface area contributed by atoms with Crippen LogP contribution in [0, 0.1) is 5.92 Å². The molecule has 1 aromatic carbocycles. The summed E-state index contributed by atoms with van der Waals surface area (Å²) in [6, 6.07) is 12.1. The number of nitrogens with zero attached hydrogens (tertiary/aromatic N) is 1. The largest absolute Gasteiger partial charge is 0.326 e. The number of pyridine rings is 1. The molecular weight excluding hydrogens is 274 g/mol. The zero-order valence-electron chi connectivity index (χ0n) is 12.6. The van der Waals surface area contributed by atoms with Crippen LogP contribution >= 0.6 is 0 Å². The van der Waals surface area contributed by atoms with Gasteiger partial charge in [-0.25, -0.2) is 0 Å². The molecule has 1 aliphatic rings. The monoisotopic (exact) mass is 295 g/mol. The number of carbonyl (C=O) groups excluding carboxylic acids is 1. The van der Waals surface area contributed by atoms with Crippen molar-refractivity contribution in [2.24, 2.45) is 5.92 Å². The first-order valence-electron chi connectivity index (χ1n) is 7.81. The second-order valence-electron chi connectivity index (χ2n) is 5.74. The van der Waals surface area contributed by atoms with Crippen molar-refractivity contribution in [3.63, 3.8) is 0 Å². The fourth-order valence-corrected chi connectivity index (χ4v) is 2.77. The van der Waals surface area contributed by atoms with Crippen LogP contribution in [0.15, 0.2) is 48.8 Å². The lowest BCUT2D eigenvalue weighted by Gasteiger charge is -2.21. The van der Waals surface area contributed by atoms with Crippen molar-refractivity contribution in [3.05, 3.63) is 59.9 Å². The number of aromatic nitrogens is 1. The molecule has 0 unspecified atom stereocenters. The minimum absolute atomic E-state index is 0.137. The van der Waals surface area contributed by atoms with Crippen molar-refractivity contribution >= 4 is 11.6 Å². The third kappa shape index (κ3) is 3.92. The van der Waals surface area contributed by atoms with Crippen LogP contribution in [0.4, 0.5) is 5.69 Å². The number of hydrogen-bond acceptors (Lipinski definition) is 3. The van der Waals surface area contributed by atoms with E-state index in [2.05, 4.69) is 27.8 Å². The van der Waals surface area contributed by atoms with Gasteiger partial charge in [0.2, 0.25) is 5.91 Å². The maximum Gasteiger partial charge on any atom is 0.227 e. The molecular formula is C18H21N3O. The molecule has 22 heavy (non-hydrogen) atoms. The molecule has 114 valence electrons. The fraction of sp³-hybridized carbons (Fsp3) is 0.333. The summed E-state index contributed by atoms with van der Waals surface area (Å²) >= 11 is 0. The first-order valence-corrected chi connectivity index (χ1v) is 7.81. The average Bonchev–Trinajstić information content (AvgIpc) is 2.58. The molecule has 0 bridgehead atoms. The topological polar surface area (TPSA) is 54.0 Å². The number of carbonyl (C=O) groups is 1. The SMILES string of the molecule is O=C(Nc1ccc(Cc2ccncc2)cc1)C1CCNCC1. The average molecular weight is 295 g/mol. The van der Waals surface area contributed by atoms with Crippen LogP contribution in [0.25, 0.3) is 0 Å². The summed E-state index contributed by atoms with van der Waals surface area (Å²) in [5.41, 5.74) is 3.34. The van der Waals surface area contributed by atoms with Gasteiger partial charge in [-0.2, -0.15) is 0 Å². The minimum Gasteiger partial charge on any atom is -0.326 e. The van der Waals surface area contributed by atoms with Gasteiger partial charge >= 0.3 is 0 Å². The van der Waals surface area contributed by atoms with Crippen LogP contribution < -0.4 is 10.6 Å². The van der Waals surface area contributed by atoms with Crippen LogP contribution in [-0.4, -0.2) is 24.0 Å². The van der Waals surface area contributed by atoms with Crippen LogP contribution in [0.3, 0.4) is 0 Å². The van der Waals surface area contributed by atoms with E-state index in [-0.39, 0.29) is 11.8 Å². The summed E-state index contributed by atoms with van der Waals surface area (Å²) in [5, 5.41) is 6.31. The Hall–Kier alpha value is -2.20. The Morgan fingerprint density at radius 3 is 2.36 bits per heavy atom. The van der Waals surface area contributed by atoms with Gasteiger partial charge in [-0.1, -0.05) is 12.1 Å². The first-order chi connectivity index (χ1) is 10.8. The first kappa shape index (κ1) is 14.7. The number of rotatable bonds is 4. The van der Waals surface area contributed by atoms with Crippen LogP contribution in [-0.2, 0) is 11.2 Å². The highest BCUT2D eigenvalue weighted by molar-refractivity contribution is 5.92. The summed E-state index contributed by atoms with van der Waals surface area (Å²) < 4.78 is 0. The molecule has 2 N–H and O–H groups in total. The molecule has 2 aromatic rings. The van der Waals surface area contributed by atoms with Crippen LogP contribution in [0.1, 0.15) is 24.0 Å². The van der Waals surface area contributed by atoms with E-state index in [4.69, 9.17) is 0 Å². The summed E-state index contributed by atoms with van der Waals surface area (Å²) in [6.45, 7) is 1.87. The van der Waals surface area contributed by atoms with E-state index in [9.17, 15) is 4.79 Å². The molecule has 0 spiro atoms. The number of piperidine rings is 1. The van der Waals surface area contributed by atoms with E-state index in [0.29, 0.717) is 0 Å². The predicted molar refractivity (Wildman–Crippen MR) is 87.7 cm³/mol. The smallest absolute Gasteiger partial charge is 0.227 e. The number of amides is 1. The van der Waals surface area contributed by atoms with Crippen molar-refractivity contribution in [2.75, 3.05) is 18.4 Å². The standard InChI is InChI=1S/C18H21N3O/c22-18(16-7-11-20-12-8-16)21-17-3-1-14(2-4-17)13-15-5-9-19-10-6-15/h1-6,9-10,16,20H,7-8,11-13H2,(H,21,22). The van der Waals surface area contributed by atoms with Gasteiger partial charge in [-0.15, -0.1) is 0 Å². The molecule has 2 heterocycles. The van der Waals surface area contributed by atoms with Gasteiger partial charge in [-0.05, 0) is 67.7 Å². The molecule has 3 rings (SSSR count). The highest BCUT2D eigenvalue weighted by atomic mass is 16.1. The van der Waals surface area contributed by atoms with E-state index >= 15 is 0 Å². The second kappa shape index (κ2) is 7.18. The quantitative estimate of drug-likeness (QED) is 0.911. The Balaban J connectivity index is 1.58. The van der Waals surface area contributed by atoms with Gasteiger partial charge in [0.05, 0.1) is 0 Å². The molecule has 0 saturated carbocycles. The molecule has 1 fully saturated rings. The zero-order chi connectivity index (χ0) is 15.2. The van der Waals surface area contributed by atoms with E-state index < -0.39 is 0 Å². The molecule has 0 aliphatic carbocycles. The van der Waals surface area contributed by atoms with E-state index in [1.165, 1.54) is 11.1 Å². The van der Waals surface area contributed by atoms with Crippen molar-refractivity contribution in [3.8, 4) is 0 Å². The third-order valence-corrected chi connectivity index (χ3v) is 4.09. The second-order valence-corrected chi connectivity index (χ2v) is 5.74. The van der Waals surface area contributed by atoms with Gasteiger partial charge in [0.1, 0.15) is 0 Å². The van der Waals surface area contributed by atoms with Crippen LogP contribution in [0.5, 0.6) is 0 Å². The van der Waals surface area contributed by atoms with E-state index in [1.54, 1.807) is 0 Å². The van der Waals surface area contributed by atoms with Gasteiger partial charge in [0.15, 0.2) is 0 Å². The molecule has 1 aromatic heterocycles. The van der Waals surface area contributed by atoms with Crippen molar-refractivity contribution in [1.29, 1.82) is 0 Å². The minimum atomic E-state index is 0.137. The Bertz CT molecular complexity index is 604. The number of benzene rings is 1. The molecule has 1 saturated heterocycles. The summed E-state index contributed by atoms with van der Waals surface area (Å²) in [5.74, 6) is 0.279. The lowest BCUT2D eigenvalue weighted by molar-refractivity contribution is -0.120. The Morgan fingerprint density at radius 2 is 1.68 bits per heavy atom. The highest BCUT2D eigenvalue weighted by Gasteiger charge is 2.20. The van der Waals surface area contributed by atoms with Gasteiger partial charge in [0.25, 0.3) is 0 Å². The normalized spacial score (nSPS) is 15.5. The molecule has 4 nitrogen and oxygen atoms in total. The number of hydrogen-bond donors (Lipinski definition) is 2. The predicted octanol–water partition coefficient (Wildman–Crippen LogP) is 2.61. The highest BCUT2D eigenvalue weighted by Crippen LogP contribution is 2.17. The number of anilines is 1. The third-order valence-electron chi connectivity index (χ3n) is 4.09. The maximum absolute atomic E-state index is 12.2. The Morgan fingerprint density at radius 1 is 1.05 bits per heavy atom. The summed E-state index contributed by atoms with van der Waals surface area (Å²) in [6.07, 6.45) is 6.34. The van der Waals surface area contributed by atoms with E-state index in [1.807, 2.05) is 36.7 Å². The molecule has 0 atom stereocenters. The van der Waals surface area contributed by atoms with Crippen molar-refractivity contribution in [2.45, 2.75) is 19.3 Å². The Labute approximate surface area is 131 Å². The van der Waals surface area contributed by atoms with Crippen molar-refractivity contribution < 1.29 is 4.79 Å². The summed E-state index contributed by atoms with van der Waals surface area (Å²) in [7, 11) is 0. The molecule has 4 heteroatoms. The molecule has 1 amide bonds. The van der Waals surface area contributed by atoms with Crippen LogP contribution in [0.2, 0.25) is 0 Å². The van der Waals surface area contributed by atoms with Gasteiger partial charge in [-0.3, -0.25) is 9.78 Å². The van der Waals surface area contributed by atoms with Crippen molar-refractivity contribution in [1.82, 2.24) is 10.3 Å². The lowest BCUT2D eigenvalue weighted by atomic mass is 9.97. The summed E-state index contributed by atoms with van der Waals surface area (Å²) in [4.78, 5) is 16.2. The van der Waals surface area contributed by atoms with Gasteiger partial charge in [0, 0.05) is 24.0 Å². The molecule has 1 aliphatic heterocycles. The number of nitrogens with one attached hydrogen (secondary N) is 2. The van der Waals surface area contributed by atoms with Gasteiger partial charge < -0.3 is 10.6 Å².